The lowest BCUT2D eigenvalue weighted by atomic mass is 10.1. The number of carboxylic acid groups (broad SMARTS) is 2. The summed E-state index contributed by atoms with van der Waals surface area (Å²) >= 11 is 1.79. The molecule has 1 aromatic rings. The Labute approximate surface area is 128 Å². The second-order valence-electron chi connectivity index (χ2n) is 4.30. The zero-order chi connectivity index (χ0) is 16.4. The summed E-state index contributed by atoms with van der Waals surface area (Å²) in [5.74, 6) is -2.51. The quantitative estimate of drug-likeness (QED) is 0.815. The standard InChI is InChI=1S/C12H16S.C4H4O4/c1-9-7-5-6-8-13-12(4)11(3)10(9)2;5-3(6)1-2-4(7)8/h5-8H,1-4H3;1-2H,(H,5,6)(H,7,8)/b;2-1-. The van der Waals surface area contributed by atoms with E-state index < -0.39 is 11.9 Å². The molecule has 1 heterocycles. The minimum absolute atomic E-state index is 0.558. The highest BCUT2D eigenvalue weighted by Gasteiger charge is 1.95. The van der Waals surface area contributed by atoms with Gasteiger partial charge in [-0.1, -0.05) is 18.2 Å². The van der Waals surface area contributed by atoms with Gasteiger partial charge in [0.05, 0.1) is 0 Å². The molecular formula is C16H20O4S. The third-order valence-corrected chi connectivity index (χ3v) is 3.78. The van der Waals surface area contributed by atoms with Crippen LogP contribution >= 0.6 is 11.3 Å². The third-order valence-electron chi connectivity index (χ3n) is 2.83. The molecule has 0 aliphatic carbocycles. The van der Waals surface area contributed by atoms with Crippen LogP contribution in [0.4, 0.5) is 0 Å². The van der Waals surface area contributed by atoms with Crippen molar-refractivity contribution in [2.75, 3.05) is 0 Å². The first kappa shape index (κ1) is 18.9. The maximum absolute atomic E-state index is 9.55. The number of carbonyl (C=O) groups is 2. The van der Waals surface area contributed by atoms with Crippen LogP contribution in [0.3, 0.4) is 0 Å². The minimum atomic E-state index is -1.26. The molecule has 1 rings (SSSR count). The van der Waals surface area contributed by atoms with E-state index in [2.05, 4.69) is 51.3 Å². The van der Waals surface area contributed by atoms with E-state index in [-0.39, 0.29) is 0 Å². The third kappa shape index (κ3) is 8.60. The van der Waals surface area contributed by atoms with Crippen molar-refractivity contribution in [2.45, 2.75) is 27.7 Å². The molecule has 21 heavy (non-hydrogen) atoms. The van der Waals surface area contributed by atoms with Gasteiger partial charge in [0.15, 0.2) is 0 Å². The summed E-state index contributed by atoms with van der Waals surface area (Å²) in [4.78, 5) is 20.5. The summed E-state index contributed by atoms with van der Waals surface area (Å²) in [5.41, 5.74) is 4.15. The highest BCUT2D eigenvalue weighted by atomic mass is 32.1. The van der Waals surface area contributed by atoms with Crippen molar-refractivity contribution in [3.63, 3.8) is 0 Å². The number of aryl methyl sites for hydroxylation is 2. The van der Waals surface area contributed by atoms with Crippen molar-refractivity contribution in [1.29, 1.82) is 0 Å². The first-order valence-corrected chi connectivity index (χ1v) is 7.12. The fourth-order valence-electron chi connectivity index (χ4n) is 1.30. The van der Waals surface area contributed by atoms with E-state index in [1.807, 2.05) is 0 Å². The van der Waals surface area contributed by atoms with E-state index in [0.717, 1.165) is 0 Å². The van der Waals surface area contributed by atoms with Crippen molar-refractivity contribution < 1.29 is 19.8 Å². The van der Waals surface area contributed by atoms with Gasteiger partial charge in [-0.25, -0.2) is 9.59 Å². The Morgan fingerprint density at radius 3 is 1.95 bits per heavy atom. The lowest BCUT2D eigenvalue weighted by Gasteiger charge is -2.00. The minimum Gasteiger partial charge on any atom is -0.478 e. The first-order valence-electron chi connectivity index (χ1n) is 6.24. The molecule has 0 aliphatic heterocycles. The number of carboxylic acids is 2. The predicted octanol–water partition coefficient (Wildman–Crippen LogP) is 3.82. The van der Waals surface area contributed by atoms with E-state index in [0.29, 0.717) is 12.2 Å². The summed E-state index contributed by atoms with van der Waals surface area (Å²) in [7, 11) is 0. The Morgan fingerprint density at radius 2 is 1.48 bits per heavy atom. The highest BCUT2D eigenvalue weighted by molar-refractivity contribution is 7.09. The van der Waals surface area contributed by atoms with Crippen LogP contribution in [0.2, 0.25) is 0 Å². The summed E-state index contributed by atoms with van der Waals surface area (Å²) in [5, 5.41) is 17.8. The number of aliphatic carboxylic acids is 2. The second kappa shape index (κ2) is 9.72. The lowest BCUT2D eigenvalue weighted by Crippen LogP contribution is -1.91. The van der Waals surface area contributed by atoms with Gasteiger partial charge in [0, 0.05) is 17.0 Å². The molecule has 0 spiro atoms. The first-order chi connectivity index (χ1) is 9.75. The summed E-state index contributed by atoms with van der Waals surface area (Å²) < 4.78 is 0. The molecule has 1 aromatic heterocycles. The van der Waals surface area contributed by atoms with Gasteiger partial charge >= 0.3 is 11.9 Å². The normalized spacial score (nSPS) is 9.52. The van der Waals surface area contributed by atoms with E-state index in [9.17, 15) is 9.59 Å². The molecule has 5 heteroatoms. The maximum atomic E-state index is 9.55. The Morgan fingerprint density at radius 1 is 0.952 bits per heavy atom. The van der Waals surface area contributed by atoms with Crippen LogP contribution in [0, 0.1) is 27.7 Å². The smallest absolute Gasteiger partial charge is 0.328 e. The van der Waals surface area contributed by atoms with Crippen LogP contribution in [0.25, 0.3) is 0 Å². The zero-order valence-electron chi connectivity index (χ0n) is 12.6. The molecule has 0 saturated carbocycles. The predicted molar refractivity (Wildman–Crippen MR) is 85.3 cm³/mol. The highest BCUT2D eigenvalue weighted by Crippen LogP contribution is 2.15. The molecule has 4 nitrogen and oxygen atoms in total. The van der Waals surface area contributed by atoms with Crippen molar-refractivity contribution in [3.05, 3.63) is 57.3 Å². The van der Waals surface area contributed by atoms with E-state index in [4.69, 9.17) is 10.2 Å². The number of hydrogen-bond acceptors (Lipinski definition) is 3. The maximum Gasteiger partial charge on any atom is 0.328 e. The van der Waals surface area contributed by atoms with Crippen LogP contribution in [0.1, 0.15) is 21.6 Å². The molecule has 0 bridgehead atoms. The molecule has 0 radical (unpaired) electrons. The SMILES string of the molecule is Cc1ccccsc(C)c(C)c1C.O=C(O)/C=C\C(=O)O. The number of rotatable bonds is 2. The summed E-state index contributed by atoms with van der Waals surface area (Å²) in [6.45, 7) is 8.71. The molecule has 114 valence electrons. The number of hydrogen-bond donors (Lipinski definition) is 2. The van der Waals surface area contributed by atoms with Crippen molar-refractivity contribution in [2.24, 2.45) is 0 Å². The van der Waals surface area contributed by atoms with E-state index in [1.54, 1.807) is 11.3 Å². The molecule has 0 saturated heterocycles. The fourth-order valence-corrected chi connectivity index (χ4v) is 2.01. The topological polar surface area (TPSA) is 74.6 Å². The van der Waals surface area contributed by atoms with E-state index >= 15 is 0 Å². The molecule has 2 N–H and O–H groups in total. The summed E-state index contributed by atoms with van der Waals surface area (Å²) in [6.07, 6.45) is 1.12. The lowest BCUT2D eigenvalue weighted by molar-refractivity contribution is -0.134. The summed E-state index contributed by atoms with van der Waals surface area (Å²) in [6, 6.07) is 6.34. The van der Waals surface area contributed by atoms with Crippen molar-refractivity contribution >= 4 is 23.3 Å². The largest absolute Gasteiger partial charge is 0.478 e. The van der Waals surface area contributed by atoms with Crippen molar-refractivity contribution in [3.8, 4) is 0 Å². The van der Waals surface area contributed by atoms with Gasteiger partial charge in [0.1, 0.15) is 0 Å². The van der Waals surface area contributed by atoms with Crippen LogP contribution in [0.5, 0.6) is 0 Å². The van der Waals surface area contributed by atoms with Crippen LogP contribution < -0.4 is 0 Å². The monoisotopic (exact) mass is 308 g/mol. The average molecular weight is 308 g/mol. The van der Waals surface area contributed by atoms with Gasteiger partial charge in [-0.2, -0.15) is 0 Å². The second-order valence-corrected chi connectivity index (χ2v) is 5.42. The molecular weight excluding hydrogens is 288 g/mol. The fraction of sp³-hybridized carbons (Fsp3) is 0.250. The van der Waals surface area contributed by atoms with Crippen LogP contribution in [-0.2, 0) is 9.59 Å². The van der Waals surface area contributed by atoms with Gasteiger partial charge in [-0.3, -0.25) is 0 Å². The molecule has 0 atom stereocenters. The molecule has 0 unspecified atom stereocenters. The zero-order valence-corrected chi connectivity index (χ0v) is 13.4. The average Bonchev–Trinajstić information content (AvgIpc) is 2.46. The van der Waals surface area contributed by atoms with Gasteiger partial charge < -0.3 is 10.2 Å². The van der Waals surface area contributed by atoms with Gasteiger partial charge in [-0.15, -0.1) is 11.3 Å². The molecule has 0 aliphatic rings. The van der Waals surface area contributed by atoms with Gasteiger partial charge in [-0.05, 0) is 49.8 Å². The van der Waals surface area contributed by atoms with Crippen LogP contribution in [0.15, 0.2) is 35.7 Å². The van der Waals surface area contributed by atoms with Crippen molar-refractivity contribution in [1.82, 2.24) is 0 Å². The Hall–Kier alpha value is -2.14. The Bertz CT molecular complexity index is 535. The molecule has 0 fully saturated rings. The van der Waals surface area contributed by atoms with E-state index in [1.165, 1.54) is 21.6 Å². The Balaban J connectivity index is 0.000000433. The van der Waals surface area contributed by atoms with Crippen LogP contribution in [-0.4, -0.2) is 22.2 Å². The Kier molecular flexibility index (Phi) is 8.73. The molecule has 0 aromatic carbocycles. The van der Waals surface area contributed by atoms with Gasteiger partial charge in [0.2, 0.25) is 0 Å². The molecule has 0 amide bonds. The van der Waals surface area contributed by atoms with Gasteiger partial charge in [0.25, 0.3) is 0 Å².